The molecule has 54 heavy (non-hydrogen) atoms. The van der Waals surface area contributed by atoms with Crippen molar-refractivity contribution in [2.24, 2.45) is 0 Å². The quantitative estimate of drug-likeness (QED) is 0.153. The van der Waals surface area contributed by atoms with Crippen molar-refractivity contribution < 1.29 is 0 Å². The standard InChI is InChI=1S/C54H36/c1-3-17-37(18-4-1)47-34-33-42(45-27-10-9-26-44(45)40-23-15-24-41(35-40)46-32-16-22-38-19-7-8-25-43(38)46)36-52(47)54-50-30-13-11-28-48(50)53(39-20-5-2-6-21-39)49-29-12-14-31-51(49)54/h1-36H. The predicted molar refractivity (Wildman–Crippen MR) is 232 cm³/mol. The molecule has 0 nitrogen and oxygen atoms in total. The number of fused-ring (bicyclic) bond motifs is 3. The van der Waals surface area contributed by atoms with Crippen molar-refractivity contribution >= 4 is 32.3 Å². The van der Waals surface area contributed by atoms with Gasteiger partial charge in [-0.15, -0.1) is 0 Å². The summed E-state index contributed by atoms with van der Waals surface area (Å²) in [5.74, 6) is 0. The number of rotatable bonds is 6. The molecule has 0 heterocycles. The van der Waals surface area contributed by atoms with Crippen LogP contribution in [0.3, 0.4) is 0 Å². The summed E-state index contributed by atoms with van der Waals surface area (Å²) < 4.78 is 0. The molecule has 0 aromatic heterocycles. The number of hydrogen-bond donors (Lipinski definition) is 0. The van der Waals surface area contributed by atoms with Crippen molar-refractivity contribution in [3.8, 4) is 66.8 Å². The van der Waals surface area contributed by atoms with Crippen LogP contribution in [-0.4, -0.2) is 0 Å². The molecule has 0 unspecified atom stereocenters. The van der Waals surface area contributed by atoms with Crippen molar-refractivity contribution in [3.63, 3.8) is 0 Å². The molecule has 0 saturated carbocycles. The fourth-order valence-corrected chi connectivity index (χ4v) is 8.44. The van der Waals surface area contributed by atoms with Crippen LogP contribution in [0.1, 0.15) is 0 Å². The molecular weight excluding hydrogens is 649 g/mol. The van der Waals surface area contributed by atoms with Gasteiger partial charge in [0.05, 0.1) is 0 Å². The van der Waals surface area contributed by atoms with Gasteiger partial charge in [-0.2, -0.15) is 0 Å². The lowest BCUT2D eigenvalue weighted by Gasteiger charge is -2.21. The van der Waals surface area contributed by atoms with E-state index in [9.17, 15) is 0 Å². The highest BCUT2D eigenvalue weighted by Gasteiger charge is 2.20. The zero-order chi connectivity index (χ0) is 35.8. The minimum atomic E-state index is 1.19. The Kier molecular flexibility index (Phi) is 7.93. The van der Waals surface area contributed by atoms with Crippen LogP contribution >= 0.6 is 0 Å². The molecule has 0 fully saturated rings. The average Bonchev–Trinajstić information content (AvgIpc) is 3.26. The first-order valence-corrected chi connectivity index (χ1v) is 18.7. The van der Waals surface area contributed by atoms with Gasteiger partial charge in [0.2, 0.25) is 0 Å². The molecule has 0 aliphatic carbocycles. The van der Waals surface area contributed by atoms with E-state index in [4.69, 9.17) is 0 Å². The Morgan fingerprint density at radius 3 is 1.24 bits per heavy atom. The Bertz CT molecular complexity index is 2910. The van der Waals surface area contributed by atoms with E-state index < -0.39 is 0 Å². The Morgan fingerprint density at radius 1 is 0.185 bits per heavy atom. The Morgan fingerprint density at radius 2 is 0.593 bits per heavy atom. The summed E-state index contributed by atoms with van der Waals surface area (Å²) in [5.41, 5.74) is 14.7. The summed E-state index contributed by atoms with van der Waals surface area (Å²) in [6.45, 7) is 0. The summed E-state index contributed by atoms with van der Waals surface area (Å²) in [4.78, 5) is 0. The van der Waals surface area contributed by atoms with Crippen molar-refractivity contribution in [2.45, 2.75) is 0 Å². The van der Waals surface area contributed by atoms with Gasteiger partial charge in [-0.3, -0.25) is 0 Å². The van der Waals surface area contributed by atoms with Crippen molar-refractivity contribution in [3.05, 3.63) is 218 Å². The second-order valence-electron chi connectivity index (χ2n) is 14.0. The summed E-state index contributed by atoms with van der Waals surface area (Å²) in [5, 5.41) is 7.54. The Labute approximate surface area is 316 Å². The molecule has 0 atom stereocenters. The molecule has 0 bridgehead atoms. The predicted octanol–water partition coefficient (Wildman–Crippen LogP) is 15.1. The summed E-state index contributed by atoms with van der Waals surface area (Å²) in [7, 11) is 0. The van der Waals surface area contributed by atoms with Gasteiger partial charge in [-0.1, -0.05) is 206 Å². The molecule has 0 N–H and O–H groups in total. The molecular formula is C54H36. The van der Waals surface area contributed by atoms with Crippen LogP contribution in [0.15, 0.2) is 218 Å². The highest BCUT2D eigenvalue weighted by Crippen LogP contribution is 2.47. The van der Waals surface area contributed by atoms with Crippen LogP contribution in [0.5, 0.6) is 0 Å². The maximum absolute atomic E-state index is 2.44. The van der Waals surface area contributed by atoms with Gasteiger partial charge in [0.1, 0.15) is 0 Å². The van der Waals surface area contributed by atoms with Gasteiger partial charge in [0, 0.05) is 0 Å². The fraction of sp³-hybridized carbons (Fsp3) is 0. The minimum absolute atomic E-state index is 1.19. The highest BCUT2D eigenvalue weighted by atomic mass is 14.2. The van der Waals surface area contributed by atoms with E-state index in [0.29, 0.717) is 0 Å². The van der Waals surface area contributed by atoms with Gasteiger partial charge in [0.15, 0.2) is 0 Å². The van der Waals surface area contributed by atoms with Crippen molar-refractivity contribution in [1.82, 2.24) is 0 Å². The summed E-state index contributed by atoms with van der Waals surface area (Å²) >= 11 is 0. The van der Waals surface area contributed by atoms with Crippen molar-refractivity contribution in [1.29, 1.82) is 0 Å². The molecule has 0 spiro atoms. The van der Waals surface area contributed by atoms with E-state index in [1.807, 2.05) is 0 Å². The van der Waals surface area contributed by atoms with E-state index in [1.54, 1.807) is 0 Å². The highest BCUT2D eigenvalue weighted by molar-refractivity contribution is 6.22. The second kappa shape index (κ2) is 13.5. The van der Waals surface area contributed by atoms with Gasteiger partial charge < -0.3 is 0 Å². The third-order valence-corrected chi connectivity index (χ3v) is 10.9. The lowest BCUT2D eigenvalue weighted by atomic mass is 9.82. The van der Waals surface area contributed by atoms with Crippen LogP contribution < -0.4 is 0 Å². The van der Waals surface area contributed by atoms with Crippen LogP contribution in [0, 0.1) is 0 Å². The Hall–Kier alpha value is -7.02. The van der Waals surface area contributed by atoms with Crippen LogP contribution in [0.4, 0.5) is 0 Å². The second-order valence-corrected chi connectivity index (χ2v) is 14.0. The zero-order valence-corrected chi connectivity index (χ0v) is 29.8. The maximum Gasteiger partial charge on any atom is -0.00199 e. The molecule has 252 valence electrons. The molecule has 0 aliphatic heterocycles. The summed E-state index contributed by atoms with van der Waals surface area (Å²) in [6, 6.07) is 79.8. The van der Waals surface area contributed by atoms with Crippen LogP contribution in [0.2, 0.25) is 0 Å². The van der Waals surface area contributed by atoms with Gasteiger partial charge in [-0.05, 0) is 111 Å². The third kappa shape index (κ3) is 5.48. The fourth-order valence-electron chi connectivity index (χ4n) is 8.44. The number of benzene rings is 10. The lowest BCUT2D eigenvalue weighted by Crippen LogP contribution is -1.94. The SMILES string of the molecule is c1ccc(-c2ccc(-c3ccccc3-c3cccc(-c4cccc5ccccc45)c3)cc2-c2c3ccccc3c(-c3ccccc3)c3ccccc23)cc1. The molecule has 10 aromatic carbocycles. The van der Waals surface area contributed by atoms with Crippen molar-refractivity contribution in [2.75, 3.05) is 0 Å². The molecule has 0 heteroatoms. The third-order valence-electron chi connectivity index (χ3n) is 10.9. The Balaban J connectivity index is 1.21. The van der Waals surface area contributed by atoms with E-state index in [0.717, 1.165) is 0 Å². The van der Waals surface area contributed by atoms with Gasteiger partial charge in [-0.25, -0.2) is 0 Å². The van der Waals surface area contributed by atoms with Crippen LogP contribution in [0.25, 0.3) is 99.1 Å². The largest absolute Gasteiger partial charge is 0.0622 e. The molecule has 0 amide bonds. The normalized spacial score (nSPS) is 11.3. The first-order valence-electron chi connectivity index (χ1n) is 18.7. The zero-order valence-electron chi connectivity index (χ0n) is 29.8. The average molecular weight is 685 g/mol. The summed E-state index contributed by atoms with van der Waals surface area (Å²) in [6.07, 6.45) is 0. The molecule has 0 aliphatic rings. The van der Waals surface area contributed by atoms with Crippen LogP contribution in [-0.2, 0) is 0 Å². The smallest absolute Gasteiger partial charge is 0.00199 e. The molecule has 10 rings (SSSR count). The van der Waals surface area contributed by atoms with E-state index in [1.165, 1.54) is 99.1 Å². The van der Waals surface area contributed by atoms with E-state index >= 15 is 0 Å². The molecule has 0 radical (unpaired) electrons. The molecule has 0 saturated heterocycles. The maximum atomic E-state index is 2.44. The van der Waals surface area contributed by atoms with E-state index in [-0.39, 0.29) is 0 Å². The van der Waals surface area contributed by atoms with Gasteiger partial charge in [0.25, 0.3) is 0 Å². The van der Waals surface area contributed by atoms with E-state index in [2.05, 4.69) is 218 Å². The molecule has 10 aromatic rings. The minimum Gasteiger partial charge on any atom is -0.0622 e. The first kappa shape index (κ1) is 31.7. The lowest BCUT2D eigenvalue weighted by molar-refractivity contribution is 1.56. The topological polar surface area (TPSA) is 0 Å². The van der Waals surface area contributed by atoms with Gasteiger partial charge >= 0.3 is 0 Å². The monoisotopic (exact) mass is 684 g/mol. The first-order chi connectivity index (χ1) is 26.8. The number of hydrogen-bond acceptors (Lipinski definition) is 0.